The number of nitrogens with zero attached hydrogens (tertiary/aromatic N) is 2. The summed E-state index contributed by atoms with van der Waals surface area (Å²) in [6, 6.07) is 2.67. The van der Waals surface area contributed by atoms with E-state index in [1.54, 1.807) is 0 Å². The Morgan fingerprint density at radius 1 is 1.29 bits per heavy atom. The van der Waals surface area contributed by atoms with Gasteiger partial charge in [-0.15, -0.1) is 0 Å². The summed E-state index contributed by atoms with van der Waals surface area (Å²) in [7, 11) is 0. The van der Waals surface area contributed by atoms with Crippen LogP contribution in [0.15, 0.2) is 22.7 Å². The first-order valence-electron chi connectivity index (χ1n) is 8.95. The van der Waals surface area contributed by atoms with Gasteiger partial charge in [-0.1, -0.05) is 0 Å². The Hall–Kier alpha value is -2.62. The predicted octanol–water partition coefficient (Wildman–Crippen LogP) is 2.37. The van der Waals surface area contributed by atoms with Crippen molar-refractivity contribution >= 4 is 22.8 Å². The molecule has 2 aromatic heterocycles. The number of piperidine rings is 3. The molecule has 28 heavy (non-hydrogen) atoms. The second kappa shape index (κ2) is 7.08. The first-order valence-corrected chi connectivity index (χ1v) is 8.95. The van der Waals surface area contributed by atoms with Crippen molar-refractivity contribution in [2.24, 2.45) is 5.92 Å². The monoisotopic (exact) mass is 397 g/mol. The Kier molecular flexibility index (Phi) is 4.74. The van der Waals surface area contributed by atoms with Crippen LogP contribution in [0.2, 0.25) is 0 Å². The number of hydrogen-bond acceptors (Lipinski definition) is 6. The highest BCUT2D eigenvalue weighted by Crippen LogP contribution is 2.28. The first kappa shape index (κ1) is 18.7. The number of furan rings is 1. The molecular formula is C18H18F3N3O4. The number of rotatable bonds is 4. The molecule has 1 N–H and O–H groups in total. The lowest BCUT2D eigenvalue weighted by molar-refractivity contribution is -0.161. The third-order valence-corrected chi connectivity index (χ3v) is 5.17. The largest absolute Gasteiger partial charge is 0.450 e. The Bertz CT molecular complexity index is 903. The lowest BCUT2D eigenvalue weighted by Gasteiger charge is -2.44. The Morgan fingerprint density at radius 3 is 2.68 bits per heavy atom. The van der Waals surface area contributed by atoms with E-state index in [2.05, 4.69) is 19.9 Å². The second-order valence-electron chi connectivity index (χ2n) is 7.13. The van der Waals surface area contributed by atoms with Crippen molar-refractivity contribution in [3.63, 3.8) is 0 Å². The van der Waals surface area contributed by atoms with Crippen LogP contribution in [0, 0.1) is 5.92 Å². The van der Waals surface area contributed by atoms with Gasteiger partial charge in [-0.25, -0.2) is 4.79 Å². The minimum Gasteiger partial charge on any atom is -0.450 e. The summed E-state index contributed by atoms with van der Waals surface area (Å²) >= 11 is 0. The molecule has 3 saturated heterocycles. The summed E-state index contributed by atoms with van der Waals surface area (Å²) in [5.74, 6) is -1.50. The highest BCUT2D eigenvalue weighted by molar-refractivity contribution is 5.97. The van der Waals surface area contributed by atoms with Gasteiger partial charge in [-0.3, -0.25) is 9.78 Å². The number of nitrogens with one attached hydrogen (secondary N) is 1. The highest BCUT2D eigenvalue weighted by Gasteiger charge is 2.35. The maximum atomic E-state index is 12.5. The first-order chi connectivity index (χ1) is 13.3. The van der Waals surface area contributed by atoms with Crippen LogP contribution in [-0.4, -0.2) is 60.2 Å². The number of aromatic nitrogens is 1. The van der Waals surface area contributed by atoms with E-state index in [-0.39, 0.29) is 29.0 Å². The van der Waals surface area contributed by atoms with Crippen molar-refractivity contribution in [1.29, 1.82) is 0 Å². The van der Waals surface area contributed by atoms with Crippen LogP contribution in [0.5, 0.6) is 0 Å². The number of carbonyl (C=O) groups is 2. The van der Waals surface area contributed by atoms with Crippen LogP contribution in [0.4, 0.5) is 13.2 Å². The molecule has 0 aliphatic carbocycles. The topological polar surface area (TPSA) is 84.7 Å². The van der Waals surface area contributed by atoms with E-state index in [9.17, 15) is 22.8 Å². The summed E-state index contributed by atoms with van der Waals surface area (Å²) in [4.78, 5) is 30.6. The lowest BCUT2D eigenvalue weighted by atomic mass is 9.84. The molecule has 1 amide bonds. The quantitative estimate of drug-likeness (QED) is 0.798. The maximum absolute atomic E-state index is 12.5. The van der Waals surface area contributed by atoms with Gasteiger partial charge in [-0.05, 0) is 31.8 Å². The third kappa shape index (κ3) is 3.96. The van der Waals surface area contributed by atoms with Crippen LogP contribution in [0.3, 0.4) is 0 Å². The molecular weight excluding hydrogens is 379 g/mol. The summed E-state index contributed by atoms with van der Waals surface area (Å²) < 4.78 is 45.9. The Labute approximate surface area is 157 Å². The molecule has 2 aromatic rings. The number of halogens is 3. The molecule has 0 spiro atoms. The minimum atomic E-state index is -4.62. The molecule has 3 aliphatic heterocycles. The molecule has 5 heterocycles. The summed E-state index contributed by atoms with van der Waals surface area (Å²) in [6.45, 7) is 1.23. The van der Waals surface area contributed by atoms with Gasteiger partial charge in [0.2, 0.25) is 5.76 Å². The fraction of sp³-hybridized carbons (Fsp3) is 0.500. The Balaban J connectivity index is 1.45. The molecule has 0 unspecified atom stereocenters. The Morgan fingerprint density at radius 2 is 2.04 bits per heavy atom. The zero-order chi connectivity index (χ0) is 19.9. The van der Waals surface area contributed by atoms with Crippen molar-refractivity contribution in [3.05, 3.63) is 29.8 Å². The second-order valence-corrected chi connectivity index (χ2v) is 7.13. The van der Waals surface area contributed by atoms with E-state index in [1.807, 2.05) is 0 Å². The van der Waals surface area contributed by atoms with Crippen molar-refractivity contribution < 1.29 is 31.9 Å². The zero-order valence-electron chi connectivity index (χ0n) is 14.8. The number of carbonyl (C=O) groups excluding carboxylic acids is 2. The van der Waals surface area contributed by atoms with Gasteiger partial charge in [0.25, 0.3) is 5.91 Å². The van der Waals surface area contributed by atoms with Gasteiger partial charge < -0.3 is 19.4 Å². The fourth-order valence-electron chi connectivity index (χ4n) is 3.75. The molecule has 0 aromatic carbocycles. The van der Waals surface area contributed by atoms with Gasteiger partial charge in [0.1, 0.15) is 11.3 Å². The highest BCUT2D eigenvalue weighted by atomic mass is 19.4. The number of ether oxygens (including phenoxy) is 1. The van der Waals surface area contributed by atoms with Gasteiger partial charge >= 0.3 is 12.1 Å². The molecule has 3 fully saturated rings. The number of fused-ring (bicyclic) bond motifs is 4. The van der Waals surface area contributed by atoms with Gasteiger partial charge in [0, 0.05) is 36.3 Å². The van der Waals surface area contributed by atoms with Crippen LogP contribution in [-0.2, 0) is 4.74 Å². The molecule has 0 saturated carbocycles. The van der Waals surface area contributed by atoms with Crippen LogP contribution in [0.1, 0.15) is 33.9 Å². The van der Waals surface area contributed by atoms with Crippen LogP contribution < -0.4 is 5.32 Å². The molecule has 2 bridgehead atoms. The van der Waals surface area contributed by atoms with E-state index in [0.717, 1.165) is 32.5 Å². The average molecular weight is 397 g/mol. The van der Waals surface area contributed by atoms with E-state index in [1.165, 1.54) is 18.3 Å². The maximum Gasteiger partial charge on any atom is 0.422 e. The van der Waals surface area contributed by atoms with E-state index in [0.29, 0.717) is 11.3 Å². The number of hydrogen-bond donors (Lipinski definition) is 1. The van der Waals surface area contributed by atoms with Crippen LogP contribution >= 0.6 is 0 Å². The van der Waals surface area contributed by atoms with Crippen molar-refractivity contribution in [1.82, 2.24) is 15.2 Å². The normalized spacial score (nSPS) is 24.3. The number of alkyl halides is 3. The molecule has 0 radical (unpaired) electrons. The SMILES string of the molecule is O=C(N[C@H]1CN2CCC1CC2)c1cc2oc(C(=O)OCC(F)(F)F)cc2cn1. The van der Waals surface area contributed by atoms with Crippen molar-refractivity contribution in [3.8, 4) is 0 Å². The van der Waals surface area contributed by atoms with Crippen LogP contribution in [0.25, 0.3) is 11.0 Å². The van der Waals surface area contributed by atoms with Gasteiger partial charge in [0.05, 0.1) is 0 Å². The molecule has 1 atom stereocenters. The third-order valence-electron chi connectivity index (χ3n) is 5.17. The zero-order valence-corrected chi connectivity index (χ0v) is 14.8. The van der Waals surface area contributed by atoms with Gasteiger partial charge in [0.15, 0.2) is 6.61 Å². The van der Waals surface area contributed by atoms with E-state index in [4.69, 9.17) is 4.42 Å². The number of pyridine rings is 1. The van der Waals surface area contributed by atoms with Crippen molar-refractivity contribution in [2.45, 2.75) is 25.1 Å². The molecule has 5 rings (SSSR count). The number of amides is 1. The smallest absolute Gasteiger partial charge is 0.422 e. The van der Waals surface area contributed by atoms with Gasteiger partial charge in [-0.2, -0.15) is 13.2 Å². The molecule has 10 heteroatoms. The van der Waals surface area contributed by atoms with Crippen molar-refractivity contribution in [2.75, 3.05) is 26.2 Å². The van der Waals surface area contributed by atoms with E-state index < -0.39 is 18.8 Å². The lowest BCUT2D eigenvalue weighted by Crippen LogP contribution is -2.57. The summed E-state index contributed by atoms with van der Waals surface area (Å²) in [5.41, 5.74) is 0.293. The fourth-order valence-corrected chi connectivity index (χ4v) is 3.75. The predicted molar refractivity (Wildman–Crippen MR) is 90.8 cm³/mol. The van der Waals surface area contributed by atoms with E-state index >= 15 is 0 Å². The summed E-state index contributed by atoms with van der Waals surface area (Å²) in [6.07, 6.45) is -1.17. The molecule has 3 aliphatic rings. The molecule has 150 valence electrons. The standard InChI is InChI=1S/C18H18F3N3O4/c19-18(20,21)9-27-17(26)15-5-11-7-22-12(6-14(11)28-15)16(25)23-13-8-24-3-1-10(13)2-4-24/h5-7,10,13H,1-4,8-9H2,(H,23,25)/t13-/m0/s1. The average Bonchev–Trinajstić information content (AvgIpc) is 3.10. The summed E-state index contributed by atoms with van der Waals surface area (Å²) in [5, 5.41) is 3.38. The molecule has 7 nitrogen and oxygen atoms in total. The minimum absolute atomic E-state index is 0.0667. The number of esters is 1.